The Bertz CT molecular complexity index is 430. The van der Waals surface area contributed by atoms with E-state index in [2.05, 4.69) is 5.32 Å². The van der Waals surface area contributed by atoms with Crippen molar-refractivity contribution in [3.05, 3.63) is 29.8 Å². The molecule has 0 aliphatic carbocycles. The van der Waals surface area contributed by atoms with Crippen molar-refractivity contribution in [3.8, 4) is 0 Å². The number of nitrogens with one attached hydrogen (secondary N) is 1. The van der Waals surface area contributed by atoms with Gasteiger partial charge < -0.3 is 15.8 Å². The highest BCUT2D eigenvalue weighted by atomic mass is 16.5. The van der Waals surface area contributed by atoms with Crippen LogP contribution in [-0.2, 0) is 16.1 Å². The molecule has 0 saturated carbocycles. The average Bonchev–Trinajstić information content (AvgIpc) is 2.38. The minimum atomic E-state index is -0.489. The molecule has 0 aliphatic rings. The predicted molar refractivity (Wildman–Crippen MR) is 77.9 cm³/mol. The third kappa shape index (κ3) is 5.01. The topological polar surface area (TPSA) is 64.3 Å². The second-order valence-corrected chi connectivity index (χ2v) is 5.27. The lowest BCUT2D eigenvalue weighted by atomic mass is 10.1. The summed E-state index contributed by atoms with van der Waals surface area (Å²) >= 11 is 0. The largest absolute Gasteiger partial charge is 0.363 e. The van der Waals surface area contributed by atoms with Crippen molar-refractivity contribution in [2.24, 2.45) is 5.73 Å². The Morgan fingerprint density at radius 3 is 2.74 bits per heavy atom. The highest BCUT2D eigenvalue weighted by molar-refractivity contribution is 5.93. The summed E-state index contributed by atoms with van der Waals surface area (Å²) < 4.78 is 5.74. The van der Waals surface area contributed by atoms with E-state index in [0.717, 1.165) is 17.7 Å². The number of rotatable bonds is 6. The maximum atomic E-state index is 12.0. The van der Waals surface area contributed by atoms with Crippen molar-refractivity contribution in [2.45, 2.75) is 52.4 Å². The van der Waals surface area contributed by atoms with E-state index in [1.807, 2.05) is 45.0 Å². The van der Waals surface area contributed by atoms with Crippen LogP contribution in [0.2, 0.25) is 0 Å². The highest BCUT2D eigenvalue weighted by Crippen LogP contribution is 2.17. The van der Waals surface area contributed by atoms with Crippen LogP contribution in [0.25, 0.3) is 0 Å². The maximum Gasteiger partial charge on any atom is 0.253 e. The van der Waals surface area contributed by atoms with Crippen LogP contribution in [0.4, 0.5) is 5.69 Å². The molecule has 0 aromatic heterocycles. The second-order valence-electron chi connectivity index (χ2n) is 5.27. The molecule has 0 bridgehead atoms. The molecule has 1 rings (SSSR count). The Balaban J connectivity index is 2.63. The summed E-state index contributed by atoms with van der Waals surface area (Å²) in [7, 11) is 0. The fourth-order valence-electron chi connectivity index (χ4n) is 1.64. The number of carbonyl (C=O) groups excluding carboxylic acids is 1. The van der Waals surface area contributed by atoms with Gasteiger partial charge in [-0.25, -0.2) is 0 Å². The van der Waals surface area contributed by atoms with Crippen molar-refractivity contribution in [2.75, 3.05) is 5.32 Å². The third-order valence-electron chi connectivity index (χ3n) is 3.15. The van der Waals surface area contributed by atoms with Crippen molar-refractivity contribution >= 4 is 11.6 Å². The van der Waals surface area contributed by atoms with E-state index in [4.69, 9.17) is 10.5 Å². The van der Waals surface area contributed by atoms with Gasteiger partial charge in [0.25, 0.3) is 5.91 Å². The number of hydrogen-bond donors (Lipinski definition) is 2. The highest BCUT2D eigenvalue weighted by Gasteiger charge is 2.23. The summed E-state index contributed by atoms with van der Waals surface area (Å²) in [6.07, 6.45) is 0.365. The van der Waals surface area contributed by atoms with E-state index in [1.54, 1.807) is 6.92 Å². The SMILES string of the molecule is CCC(C)(C)OC(C)C(=O)Nc1cccc(CN)c1. The number of hydrogen-bond acceptors (Lipinski definition) is 3. The standard InChI is InChI=1S/C15H24N2O2/c1-5-15(3,4)19-11(2)14(18)17-13-8-6-7-12(9-13)10-16/h6-9,11H,5,10,16H2,1-4H3,(H,17,18). The van der Waals surface area contributed by atoms with Gasteiger partial charge in [0.15, 0.2) is 0 Å². The zero-order valence-corrected chi connectivity index (χ0v) is 12.2. The summed E-state index contributed by atoms with van der Waals surface area (Å²) in [6.45, 7) is 8.21. The molecule has 0 spiro atoms. The van der Waals surface area contributed by atoms with E-state index < -0.39 is 6.10 Å². The summed E-state index contributed by atoms with van der Waals surface area (Å²) in [5.41, 5.74) is 7.01. The second kappa shape index (κ2) is 6.68. The van der Waals surface area contributed by atoms with Crippen LogP contribution in [0.3, 0.4) is 0 Å². The van der Waals surface area contributed by atoms with E-state index in [0.29, 0.717) is 6.54 Å². The first kappa shape index (κ1) is 15.7. The van der Waals surface area contributed by atoms with Crippen molar-refractivity contribution in [3.63, 3.8) is 0 Å². The van der Waals surface area contributed by atoms with Gasteiger partial charge in [-0.15, -0.1) is 0 Å². The lowest BCUT2D eigenvalue weighted by molar-refractivity contribution is -0.137. The molecule has 3 N–H and O–H groups in total. The lowest BCUT2D eigenvalue weighted by Gasteiger charge is -2.27. The van der Waals surface area contributed by atoms with E-state index in [9.17, 15) is 4.79 Å². The average molecular weight is 264 g/mol. The molecule has 0 radical (unpaired) electrons. The first-order valence-corrected chi connectivity index (χ1v) is 6.65. The van der Waals surface area contributed by atoms with Gasteiger partial charge in [0.2, 0.25) is 0 Å². The molecule has 1 atom stereocenters. The summed E-state index contributed by atoms with van der Waals surface area (Å²) in [5.74, 6) is -0.143. The summed E-state index contributed by atoms with van der Waals surface area (Å²) in [6, 6.07) is 7.51. The van der Waals surface area contributed by atoms with Crippen LogP contribution in [0.15, 0.2) is 24.3 Å². The Labute approximate surface area is 115 Å². The maximum absolute atomic E-state index is 12.0. The molecular formula is C15H24N2O2. The molecule has 19 heavy (non-hydrogen) atoms. The number of anilines is 1. The summed E-state index contributed by atoms with van der Waals surface area (Å²) in [4.78, 5) is 12.0. The van der Waals surface area contributed by atoms with Gasteiger partial charge in [-0.1, -0.05) is 19.1 Å². The molecule has 1 amide bonds. The van der Waals surface area contributed by atoms with Gasteiger partial charge in [-0.3, -0.25) is 4.79 Å². The van der Waals surface area contributed by atoms with E-state index in [1.165, 1.54) is 0 Å². The third-order valence-corrected chi connectivity index (χ3v) is 3.15. The van der Waals surface area contributed by atoms with Crippen LogP contribution in [0, 0.1) is 0 Å². The monoisotopic (exact) mass is 264 g/mol. The molecule has 0 heterocycles. The van der Waals surface area contributed by atoms with Gasteiger partial charge in [-0.05, 0) is 44.9 Å². The molecule has 4 nitrogen and oxygen atoms in total. The molecular weight excluding hydrogens is 240 g/mol. The molecule has 0 saturated heterocycles. The normalized spacial score (nSPS) is 13.1. The van der Waals surface area contributed by atoms with Crippen molar-refractivity contribution < 1.29 is 9.53 Å². The zero-order valence-electron chi connectivity index (χ0n) is 12.2. The Kier molecular flexibility index (Phi) is 5.51. The first-order valence-electron chi connectivity index (χ1n) is 6.65. The lowest BCUT2D eigenvalue weighted by Crippen LogP contribution is -2.36. The molecule has 1 unspecified atom stereocenters. The van der Waals surface area contributed by atoms with Crippen molar-refractivity contribution in [1.29, 1.82) is 0 Å². The van der Waals surface area contributed by atoms with E-state index in [-0.39, 0.29) is 11.5 Å². The van der Waals surface area contributed by atoms with Gasteiger partial charge >= 0.3 is 0 Å². The van der Waals surface area contributed by atoms with Crippen LogP contribution in [0.1, 0.15) is 39.7 Å². The molecule has 4 heteroatoms. The molecule has 1 aromatic rings. The van der Waals surface area contributed by atoms with Crippen molar-refractivity contribution in [1.82, 2.24) is 0 Å². The predicted octanol–water partition coefficient (Wildman–Crippen LogP) is 2.68. The van der Waals surface area contributed by atoms with Gasteiger partial charge in [0.1, 0.15) is 6.10 Å². The van der Waals surface area contributed by atoms with Crippen LogP contribution in [-0.4, -0.2) is 17.6 Å². The molecule has 0 fully saturated rings. The Hall–Kier alpha value is -1.39. The minimum absolute atomic E-state index is 0.143. The van der Waals surface area contributed by atoms with Crippen LogP contribution < -0.4 is 11.1 Å². The number of nitrogens with two attached hydrogens (primary N) is 1. The molecule has 106 valence electrons. The number of ether oxygens (including phenoxy) is 1. The Morgan fingerprint density at radius 1 is 1.47 bits per heavy atom. The fourth-order valence-corrected chi connectivity index (χ4v) is 1.64. The molecule has 1 aromatic carbocycles. The van der Waals surface area contributed by atoms with Crippen LogP contribution in [0.5, 0.6) is 0 Å². The van der Waals surface area contributed by atoms with Gasteiger partial charge in [0.05, 0.1) is 5.60 Å². The zero-order chi connectivity index (χ0) is 14.5. The molecule has 0 aliphatic heterocycles. The fraction of sp³-hybridized carbons (Fsp3) is 0.533. The number of benzene rings is 1. The van der Waals surface area contributed by atoms with Gasteiger partial charge in [-0.2, -0.15) is 0 Å². The van der Waals surface area contributed by atoms with E-state index >= 15 is 0 Å². The Morgan fingerprint density at radius 2 is 2.16 bits per heavy atom. The number of amides is 1. The minimum Gasteiger partial charge on any atom is -0.363 e. The van der Waals surface area contributed by atoms with Crippen LogP contribution >= 0.6 is 0 Å². The summed E-state index contributed by atoms with van der Waals surface area (Å²) in [5, 5.41) is 2.84. The first-order chi connectivity index (χ1) is 8.88. The number of carbonyl (C=O) groups is 1. The smallest absolute Gasteiger partial charge is 0.253 e. The van der Waals surface area contributed by atoms with Gasteiger partial charge in [0, 0.05) is 12.2 Å². The quantitative estimate of drug-likeness (QED) is 0.830.